The van der Waals surface area contributed by atoms with Crippen molar-refractivity contribution in [1.82, 2.24) is 4.90 Å². The maximum atomic E-state index is 13.1. The SMILES string of the molecule is CC(C)(C)C1CCN(CC(=O)c2cccc(F)c2)C1. The van der Waals surface area contributed by atoms with Gasteiger partial charge in [-0.25, -0.2) is 4.39 Å². The topological polar surface area (TPSA) is 20.3 Å². The summed E-state index contributed by atoms with van der Waals surface area (Å²) in [5, 5.41) is 0. The van der Waals surface area contributed by atoms with Crippen LogP contribution in [0.2, 0.25) is 0 Å². The standard InChI is InChI=1S/C16H22FNO/c1-16(2,3)13-7-8-18(10-13)11-15(19)12-5-4-6-14(17)9-12/h4-6,9,13H,7-8,10-11H2,1-3H3. The second-order valence-electron chi connectivity index (χ2n) is 6.52. The number of benzene rings is 1. The predicted molar refractivity (Wildman–Crippen MR) is 74.7 cm³/mol. The first-order chi connectivity index (χ1) is 8.86. The zero-order valence-corrected chi connectivity index (χ0v) is 11.9. The Morgan fingerprint density at radius 2 is 2.16 bits per heavy atom. The number of Topliss-reactive ketones (excluding diaryl/α,β-unsaturated/α-hetero) is 1. The van der Waals surface area contributed by atoms with E-state index in [-0.39, 0.29) is 17.0 Å². The Hall–Kier alpha value is -1.22. The zero-order valence-electron chi connectivity index (χ0n) is 11.9. The molecule has 1 heterocycles. The quantitative estimate of drug-likeness (QED) is 0.779. The van der Waals surface area contributed by atoms with E-state index >= 15 is 0 Å². The fourth-order valence-electron chi connectivity index (χ4n) is 2.64. The number of halogens is 1. The van der Waals surface area contributed by atoms with E-state index in [1.807, 2.05) is 0 Å². The maximum absolute atomic E-state index is 13.1. The summed E-state index contributed by atoms with van der Waals surface area (Å²) in [6.07, 6.45) is 1.14. The molecule has 1 aliphatic heterocycles. The van der Waals surface area contributed by atoms with Crippen molar-refractivity contribution < 1.29 is 9.18 Å². The Balaban J connectivity index is 1.94. The van der Waals surface area contributed by atoms with E-state index in [1.54, 1.807) is 12.1 Å². The van der Waals surface area contributed by atoms with E-state index in [1.165, 1.54) is 12.1 Å². The number of likely N-dealkylation sites (tertiary alicyclic amines) is 1. The Kier molecular flexibility index (Phi) is 4.04. The number of nitrogens with zero attached hydrogens (tertiary/aromatic N) is 1. The fourth-order valence-corrected chi connectivity index (χ4v) is 2.64. The Bertz CT molecular complexity index is 464. The van der Waals surface area contributed by atoms with E-state index in [9.17, 15) is 9.18 Å². The molecule has 0 radical (unpaired) electrons. The van der Waals surface area contributed by atoms with E-state index in [0.717, 1.165) is 19.5 Å². The van der Waals surface area contributed by atoms with Crippen molar-refractivity contribution in [2.24, 2.45) is 11.3 Å². The van der Waals surface area contributed by atoms with Gasteiger partial charge in [-0.15, -0.1) is 0 Å². The third-order valence-corrected chi connectivity index (χ3v) is 4.01. The largest absolute Gasteiger partial charge is 0.295 e. The Labute approximate surface area is 114 Å². The molecule has 1 aromatic carbocycles. The highest BCUT2D eigenvalue weighted by Gasteiger charge is 2.32. The molecule has 1 unspecified atom stereocenters. The van der Waals surface area contributed by atoms with Crippen molar-refractivity contribution in [3.8, 4) is 0 Å². The fraction of sp³-hybridized carbons (Fsp3) is 0.562. The maximum Gasteiger partial charge on any atom is 0.176 e. The van der Waals surface area contributed by atoms with Crippen molar-refractivity contribution in [3.63, 3.8) is 0 Å². The highest BCUT2D eigenvalue weighted by Crippen LogP contribution is 2.33. The molecule has 1 fully saturated rings. The van der Waals surface area contributed by atoms with Crippen LogP contribution in [0, 0.1) is 17.2 Å². The lowest BCUT2D eigenvalue weighted by atomic mass is 9.80. The molecule has 3 heteroatoms. The van der Waals surface area contributed by atoms with Gasteiger partial charge in [0.15, 0.2) is 5.78 Å². The normalized spacial score (nSPS) is 20.7. The molecular formula is C16H22FNO. The summed E-state index contributed by atoms with van der Waals surface area (Å²) in [5.74, 6) is 0.293. The molecule has 0 amide bonds. The average molecular weight is 263 g/mol. The summed E-state index contributed by atoms with van der Waals surface area (Å²) in [6, 6.07) is 5.95. The van der Waals surface area contributed by atoms with E-state index in [0.29, 0.717) is 18.0 Å². The average Bonchev–Trinajstić information content (AvgIpc) is 2.77. The summed E-state index contributed by atoms with van der Waals surface area (Å²) in [5.41, 5.74) is 0.760. The molecule has 1 atom stereocenters. The minimum atomic E-state index is -0.347. The van der Waals surface area contributed by atoms with Crippen molar-refractivity contribution in [2.75, 3.05) is 19.6 Å². The van der Waals surface area contributed by atoms with Gasteiger partial charge in [-0.2, -0.15) is 0 Å². The Morgan fingerprint density at radius 3 is 2.74 bits per heavy atom. The van der Waals surface area contributed by atoms with Crippen LogP contribution in [0.5, 0.6) is 0 Å². The van der Waals surface area contributed by atoms with Crippen LogP contribution in [0.25, 0.3) is 0 Å². The predicted octanol–water partition coefficient (Wildman–Crippen LogP) is 3.38. The summed E-state index contributed by atoms with van der Waals surface area (Å²) < 4.78 is 13.1. The lowest BCUT2D eigenvalue weighted by Crippen LogP contribution is -2.30. The third kappa shape index (κ3) is 3.63. The van der Waals surface area contributed by atoms with Gasteiger partial charge in [0.25, 0.3) is 0 Å². The van der Waals surface area contributed by atoms with Crippen LogP contribution < -0.4 is 0 Å². The van der Waals surface area contributed by atoms with Crippen LogP contribution in [0.1, 0.15) is 37.6 Å². The van der Waals surface area contributed by atoms with Gasteiger partial charge < -0.3 is 0 Å². The first kappa shape index (κ1) is 14.2. The van der Waals surface area contributed by atoms with E-state index in [4.69, 9.17) is 0 Å². The number of ketones is 1. The van der Waals surface area contributed by atoms with Crippen molar-refractivity contribution >= 4 is 5.78 Å². The van der Waals surface area contributed by atoms with Crippen LogP contribution in [0.3, 0.4) is 0 Å². The van der Waals surface area contributed by atoms with E-state index in [2.05, 4.69) is 25.7 Å². The van der Waals surface area contributed by atoms with Gasteiger partial charge in [-0.1, -0.05) is 32.9 Å². The van der Waals surface area contributed by atoms with Gasteiger partial charge in [-0.3, -0.25) is 9.69 Å². The zero-order chi connectivity index (χ0) is 14.0. The molecule has 0 N–H and O–H groups in total. The van der Waals surface area contributed by atoms with Crippen LogP contribution in [0.15, 0.2) is 24.3 Å². The van der Waals surface area contributed by atoms with Gasteiger partial charge in [0.05, 0.1) is 6.54 Å². The number of carbonyl (C=O) groups is 1. The first-order valence-electron chi connectivity index (χ1n) is 6.87. The molecule has 104 valence electrons. The van der Waals surface area contributed by atoms with Crippen LogP contribution >= 0.6 is 0 Å². The van der Waals surface area contributed by atoms with Gasteiger partial charge in [0, 0.05) is 12.1 Å². The molecule has 1 saturated heterocycles. The van der Waals surface area contributed by atoms with Gasteiger partial charge >= 0.3 is 0 Å². The molecular weight excluding hydrogens is 241 g/mol. The third-order valence-electron chi connectivity index (χ3n) is 4.01. The van der Waals surface area contributed by atoms with Crippen LogP contribution in [-0.4, -0.2) is 30.3 Å². The van der Waals surface area contributed by atoms with Gasteiger partial charge in [0.2, 0.25) is 0 Å². The number of hydrogen-bond acceptors (Lipinski definition) is 2. The minimum Gasteiger partial charge on any atom is -0.295 e. The summed E-state index contributed by atoms with van der Waals surface area (Å²) in [4.78, 5) is 14.3. The highest BCUT2D eigenvalue weighted by atomic mass is 19.1. The second-order valence-corrected chi connectivity index (χ2v) is 6.52. The molecule has 2 rings (SSSR count). The van der Waals surface area contributed by atoms with E-state index < -0.39 is 0 Å². The highest BCUT2D eigenvalue weighted by molar-refractivity contribution is 5.97. The molecule has 1 aliphatic rings. The number of hydrogen-bond donors (Lipinski definition) is 0. The lowest BCUT2D eigenvalue weighted by Gasteiger charge is -2.27. The van der Waals surface area contributed by atoms with Crippen LogP contribution in [-0.2, 0) is 0 Å². The first-order valence-corrected chi connectivity index (χ1v) is 6.87. The van der Waals surface area contributed by atoms with Gasteiger partial charge in [0.1, 0.15) is 5.82 Å². The summed E-state index contributed by atoms with van der Waals surface area (Å²) in [7, 11) is 0. The summed E-state index contributed by atoms with van der Waals surface area (Å²) >= 11 is 0. The van der Waals surface area contributed by atoms with Crippen molar-refractivity contribution in [1.29, 1.82) is 0 Å². The summed E-state index contributed by atoms with van der Waals surface area (Å²) in [6.45, 7) is 9.06. The monoisotopic (exact) mass is 263 g/mol. The molecule has 0 spiro atoms. The van der Waals surface area contributed by atoms with Crippen LogP contribution in [0.4, 0.5) is 4.39 Å². The number of rotatable bonds is 3. The molecule has 0 aromatic heterocycles. The molecule has 0 aliphatic carbocycles. The lowest BCUT2D eigenvalue weighted by molar-refractivity contribution is 0.0937. The Morgan fingerprint density at radius 1 is 1.42 bits per heavy atom. The van der Waals surface area contributed by atoms with Crippen molar-refractivity contribution in [3.05, 3.63) is 35.6 Å². The number of carbonyl (C=O) groups excluding carboxylic acids is 1. The molecule has 0 saturated carbocycles. The second kappa shape index (κ2) is 5.41. The molecule has 2 nitrogen and oxygen atoms in total. The molecule has 19 heavy (non-hydrogen) atoms. The molecule has 0 bridgehead atoms. The van der Waals surface area contributed by atoms with Crippen molar-refractivity contribution in [2.45, 2.75) is 27.2 Å². The molecule has 1 aromatic rings. The van der Waals surface area contributed by atoms with Gasteiger partial charge in [-0.05, 0) is 36.4 Å². The smallest absolute Gasteiger partial charge is 0.176 e. The minimum absolute atomic E-state index is 0.00839.